The van der Waals surface area contributed by atoms with Crippen LogP contribution in [0.2, 0.25) is 5.02 Å². The minimum absolute atomic E-state index is 0.0131. The molecule has 0 radical (unpaired) electrons. The van der Waals surface area contributed by atoms with Crippen LogP contribution in [0.4, 0.5) is 8.78 Å². The van der Waals surface area contributed by atoms with Crippen LogP contribution in [0.5, 0.6) is 0 Å². The van der Waals surface area contributed by atoms with Crippen LogP contribution in [-0.4, -0.2) is 58.3 Å². The van der Waals surface area contributed by atoms with Gasteiger partial charge in [-0.15, -0.1) is 0 Å². The van der Waals surface area contributed by atoms with E-state index in [1.54, 1.807) is 36.4 Å². The summed E-state index contributed by atoms with van der Waals surface area (Å²) in [6.45, 7) is 0.538. The number of amides is 3. The Morgan fingerprint density at radius 2 is 1.93 bits per heavy atom. The molecule has 3 N–H and O–H groups in total. The molecule has 0 unspecified atom stereocenters. The van der Waals surface area contributed by atoms with Crippen molar-refractivity contribution in [2.24, 2.45) is 11.8 Å². The number of fused-ring (bicyclic) bond motifs is 6. The Hall–Kier alpha value is -3.55. The Bertz CT molecular complexity index is 1480. The lowest BCUT2D eigenvalue weighted by Crippen LogP contribution is -2.70. The molecule has 0 spiro atoms. The summed E-state index contributed by atoms with van der Waals surface area (Å²) in [6, 6.07) is 9.88. The highest BCUT2D eigenvalue weighted by atomic mass is 35.5. The molecule has 11 heteroatoms. The third-order valence-corrected chi connectivity index (χ3v) is 9.35. The van der Waals surface area contributed by atoms with E-state index in [9.17, 15) is 24.8 Å². The first-order chi connectivity index (χ1) is 19.6. The molecule has 3 aliphatic heterocycles. The first-order valence-corrected chi connectivity index (χ1v) is 14.2. The maximum Gasteiger partial charge on any atom is 0.264 e. The molecule has 3 saturated heterocycles. The Morgan fingerprint density at radius 3 is 2.66 bits per heavy atom. The Kier molecular flexibility index (Phi) is 6.78. The SMILES string of the molecule is N#C[C@@H](C[C@H]1CCCNC1=O)NC(=O)[C@@H]1[C@H]2CC[C@H](CC2(F)F)N1C(=O)[C@@]1(O)c2ccccc2-c2ccc(Cl)cc21. The lowest BCUT2D eigenvalue weighted by atomic mass is 9.70. The topological polar surface area (TPSA) is 123 Å². The number of carbonyl (C=O) groups excluding carboxylic acids is 3. The minimum Gasteiger partial charge on any atom is -0.372 e. The van der Waals surface area contributed by atoms with Crippen molar-refractivity contribution < 1.29 is 28.3 Å². The third kappa shape index (κ3) is 4.37. The number of aliphatic hydroxyl groups is 1. The molecule has 3 heterocycles. The fourth-order valence-electron chi connectivity index (χ4n) is 7.19. The zero-order valence-electron chi connectivity index (χ0n) is 22.1. The van der Waals surface area contributed by atoms with E-state index in [4.69, 9.17) is 11.6 Å². The quantitative estimate of drug-likeness (QED) is 0.498. The Labute approximate surface area is 240 Å². The summed E-state index contributed by atoms with van der Waals surface area (Å²) in [5.41, 5.74) is -0.546. The van der Waals surface area contributed by atoms with E-state index in [0.717, 1.165) is 11.3 Å². The van der Waals surface area contributed by atoms with E-state index in [0.29, 0.717) is 24.1 Å². The van der Waals surface area contributed by atoms with Crippen LogP contribution in [-0.2, 0) is 20.0 Å². The number of nitriles is 1. The number of rotatable bonds is 5. The molecule has 6 atom stereocenters. The smallest absolute Gasteiger partial charge is 0.264 e. The third-order valence-electron chi connectivity index (χ3n) is 9.12. The van der Waals surface area contributed by atoms with Gasteiger partial charge in [0.25, 0.3) is 11.8 Å². The highest BCUT2D eigenvalue weighted by Crippen LogP contribution is 2.54. The Morgan fingerprint density at radius 1 is 1.17 bits per heavy atom. The van der Waals surface area contributed by atoms with E-state index >= 15 is 8.78 Å². The summed E-state index contributed by atoms with van der Waals surface area (Å²) in [5, 5.41) is 27.6. The standard InChI is InChI=1S/C30H29ClF2N4O4/c31-17-7-9-21-20-5-1-2-6-22(20)30(41,24(21)13-17)28(40)37-19-8-10-23(29(32,33)14-19)25(37)27(39)36-18(15-34)12-16-4-3-11-35-26(16)38/h1-2,5-7,9,13,16,18-19,23,25,41H,3-4,8,10-12,14H2,(H,35,38)(H,36,39)/t16-,18-,19-,23-,25+,30-/m1/s1. The molecule has 214 valence electrons. The second-order valence-electron chi connectivity index (χ2n) is 11.5. The van der Waals surface area contributed by atoms with Crippen LogP contribution in [0, 0.1) is 23.2 Å². The number of halogens is 3. The molecule has 0 aromatic heterocycles. The molecule has 5 aliphatic rings. The van der Waals surface area contributed by atoms with Crippen molar-refractivity contribution >= 4 is 29.3 Å². The normalized spacial score (nSPS) is 30.0. The molecule has 2 aromatic carbocycles. The van der Waals surface area contributed by atoms with Gasteiger partial charge in [0.1, 0.15) is 12.1 Å². The van der Waals surface area contributed by atoms with Crippen molar-refractivity contribution in [3.8, 4) is 17.2 Å². The molecule has 7 rings (SSSR count). The highest BCUT2D eigenvalue weighted by molar-refractivity contribution is 6.31. The average molecular weight is 583 g/mol. The summed E-state index contributed by atoms with van der Waals surface area (Å²) in [5.74, 6) is -7.19. The molecule has 2 aliphatic carbocycles. The van der Waals surface area contributed by atoms with E-state index in [1.807, 2.05) is 6.07 Å². The van der Waals surface area contributed by atoms with Crippen molar-refractivity contribution in [3.05, 3.63) is 58.6 Å². The second kappa shape index (κ2) is 10.1. The first-order valence-electron chi connectivity index (χ1n) is 13.9. The summed E-state index contributed by atoms with van der Waals surface area (Å²) >= 11 is 6.27. The van der Waals surface area contributed by atoms with Gasteiger partial charge in [0, 0.05) is 41.1 Å². The number of benzene rings is 2. The van der Waals surface area contributed by atoms with Crippen LogP contribution in [0.1, 0.15) is 49.7 Å². The summed E-state index contributed by atoms with van der Waals surface area (Å²) in [7, 11) is 0. The molecule has 8 nitrogen and oxygen atoms in total. The van der Waals surface area contributed by atoms with Gasteiger partial charge in [-0.2, -0.15) is 5.26 Å². The molecular formula is C30H29ClF2N4O4. The highest BCUT2D eigenvalue weighted by Gasteiger charge is 2.63. The van der Waals surface area contributed by atoms with Crippen molar-refractivity contribution in [2.75, 3.05) is 6.54 Å². The summed E-state index contributed by atoms with van der Waals surface area (Å²) < 4.78 is 30.6. The van der Waals surface area contributed by atoms with Crippen molar-refractivity contribution in [2.45, 2.75) is 68.2 Å². The van der Waals surface area contributed by atoms with Gasteiger partial charge in [0.05, 0.1) is 12.0 Å². The van der Waals surface area contributed by atoms with E-state index < -0.39 is 59.7 Å². The van der Waals surface area contributed by atoms with Gasteiger partial charge in [-0.1, -0.05) is 41.9 Å². The minimum atomic E-state index is -3.22. The lowest BCUT2D eigenvalue weighted by Gasteiger charge is -2.54. The fraction of sp³-hybridized carbons (Fsp3) is 0.467. The first kappa shape index (κ1) is 27.6. The molecule has 2 bridgehead atoms. The second-order valence-corrected chi connectivity index (χ2v) is 11.9. The van der Waals surface area contributed by atoms with Crippen molar-refractivity contribution in [3.63, 3.8) is 0 Å². The van der Waals surface area contributed by atoms with Gasteiger partial charge in [-0.05, 0) is 55.4 Å². The van der Waals surface area contributed by atoms with Gasteiger partial charge < -0.3 is 20.6 Å². The zero-order valence-corrected chi connectivity index (χ0v) is 22.8. The van der Waals surface area contributed by atoms with Gasteiger partial charge in [0.2, 0.25) is 11.8 Å². The fourth-order valence-corrected chi connectivity index (χ4v) is 7.36. The van der Waals surface area contributed by atoms with Gasteiger partial charge >= 0.3 is 0 Å². The van der Waals surface area contributed by atoms with Gasteiger partial charge in [0.15, 0.2) is 5.60 Å². The number of nitrogens with zero attached hydrogens (tertiary/aromatic N) is 2. The largest absolute Gasteiger partial charge is 0.372 e. The van der Waals surface area contributed by atoms with Crippen LogP contribution in [0.3, 0.4) is 0 Å². The zero-order chi connectivity index (χ0) is 29.1. The summed E-state index contributed by atoms with van der Waals surface area (Å²) in [6.07, 6.45) is 0.943. The average Bonchev–Trinajstić information content (AvgIpc) is 3.21. The van der Waals surface area contributed by atoms with Crippen LogP contribution in [0.25, 0.3) is 11.1 Å². The van der Waals surface area contributed by atoms with Gasteiger partial charge in [-0.25, -0.2) is 8.78 Å². The molecule has 4 fully saturated rings. The monoisotopic (exact) mass is 582 g/mol. The van der Waals surface area contributed by atoms with Crippen LogP contribution in [0.15, 0.2) is 42.5 Å². The number of hydrogen-bond donors (Lipinski definition) is 3. The number of piperidine rings is 3. The molecular weight excluding hydrogens is 554 g/mol. The van der Waals surface area contributed by atoms with Gasteiger partial charge in [-0.3, -0.25) is 14.4 Å². The molecule has 1 saturated carbocycles. The number of alkyl halides is 2. The van der Waals surface area contributed by atoms with Crippen LogP contribution < -0.4 is 10.6 Å². The predicted octanol–water partition coefficient (Wildman–Crippen LogP) is 3.50. The van der Waals surface area contributed by atoms with Crippen molar-refractivity contribution in [1.82, 2.24) is 15.5 Å². The van der Waals surface area contributed by atoms with E-state index in [-0.39, 0.29) is 41.3 Å². The Balaban J connectivity index is 1.36. The van der Waals surface area contributed by atoms with E-state index in [1.165, 1.54) is 6.07 Å². The molecule has 3 amide bonds. The van der Waals surface area contributed by atoms with Crippen LogP contribution >= 0.6 is 11.6 Å². The van der Waals surface area contributed by atoms with E-state index in [2.05, 4.69) is 10.6 Å². The maximum absolute atomic E-state index is 15.3. The molecule has 2 aromatic rings. The van der Waals surface area contributed by atoms with Crippen molar-refractivity contribution in [1.29, 1.82) is 5.26 Å². The number of carbonyl (C=O) groups is 3. The molecule has 41 heavy (non-hydrogen) atoms. The predicted molar refractivity (Wildman–Crippen MR) is 144 cm³/mol. The number of hydrogen-bond acceptors (Lipinski definition) is 5. The summed E-state index contributed by atoms with van der Waals surface area (Å²) in [4.78, 5) is 41.6. The number of nitrogens with one attached hydrogen (secondary N) is 2. The lowest BCUT2D eigenvalue weighted by molar-refractivity contribution is -0.201. The maximum atomic E-state index is 15.3.